The first-order valence-electron chi connectivity index (χ1n) is 32.9. The second kappa shape index (κ2) is 25.6. The Morgan fingerprint density at radius 3 is 0.828 bits per heavy atom. The molecule has 0 fully saturated rings. The molecular weight excluding hydrogens is 1260 g/mol. The SMILES string of the molecule is CCC(=O)Nc1cc2c(cc1NC(=O)CC)Oc1cc3c4cc1Cc1cc5c(cc1O2)Oc1cc(NC(=O)CC)c(NC(=O)CC)cc1Oc1cc2c(cc1C5)Cc1cc(c(cc1Oc1cc5[nH]c(-c6cccnc6)nc5cc1O2)Oc1cc(NC(=O)CC)c(NC(=O)CC)cc1O3)C4. The first kappa shape index (κ1) is 62.7. The van der Waals surface area contributed by atoms with E-state index >= 15 is 0 Å². The topological polar surface area (TPSA) is 290 Å². The summed E-state index contributed by atoms with van der Waals surface area (Å²) in [5, 5.41) is 17.7. The molecule has 4 aliphatic heterocycles. The van der Waals surface area contributed by atoms with E-state index < -0.39 is 0 Å². The van der Waals surface area contributed by atoms with Crippen molar-refractivity contribution in [3.63, 3.8) is 0 Å². The van der Waals surface area contributed by atoms with E-state index in [0.717, 1.165) is 16.7 Å². The van der Waals surface area contributed by atoms with Gasteiger partial charge in [-0.15, -0.1) is 0 Å². The molecule has 0 spiro atoms. The fraction of sp³-hybridized carbons (Fsp3) is 0.211. The summed E-state index contributed by atoms with van der Waals surface area (Å²) in [6.45, 7) is 10.3. The minimum Gasteiger partial charge on any atom is -0.453 e. The Balaban J connectivity index is 1.03. The van der Waals surface area contributed by atoms with Gasteiger partial charge >= 0.3 is 0 Å². The van der Waals surface area contributed by atoms with Crippen LogP contribution < -0.4 is 69.8 Å². The van der Waals surface area contributed by atoms with Crippen LogP contribution in [-0.4, -0.2) is 50.4 Å². The molecule has 10 aromatic rings. The Labute approximate surface area is 566 Å². The predicted octanol–water partition coefficient (Wildman–Crippen LogP) is 17.0. The molecule has 23 nitrogen and oxygen atoms in total. The van der Waals surface area contributed by atoms with Crippen molar-refractivity contribution in [3.05, 3.63) is 166 Å². The molecule has 5 aliphatic rings. The van der Waals surface area contributed by atoms with Crippen LogP contribution in [0.25, 0.3) is 22.4 Å². The molecule has 23 heteroatoms. The van der Waals surface area contributed by atoms with Gasteiger partial charge in [0, 0.05) is 155 Å². The zero-order valence-corrected chi connectivity index (χ0v) is 54.7. The summed E-state index contributed by atoms with van der Waals surface area (Å²) in [6, 6.07) is 32.3. The van der Waals surface area contributed by atoms with Gasteiger partial charge < -0.3 is 74.8 Å². The second-order valence-electron chi connectivity index (χ2n) is 24.4. The number of aromatic nitrogens is 3. The summed E-state index contributed by atoms with van der Waals surface area (Å²) in [4.78, 5) is 92.9. The number of benzene rings is 8. The number of anilines is 6. The number of rotatable bonds is 13. The maximum absolute atomic E-state index is 13.4. The maximum Gasteiger partial charge on any atom is 0.224 e. The Kier molecular flexibility index (Phi) is 16.2. The van der Waals surface area contributed by atoms with Crippen molar-refractivity contribution in [1.82, 2.24) is 15.0 Å². The molecule has 0 saturated carbocycles. The van der Waals surface area contributed by atoms with Gasteiger partial charge in [0.2, 0.25) is 35.4 Å². The largest absolute Gasteiger partial charge is 0.453 e. The summed E-state index contributed by atoms with van der Waals surface area (Å²) in [7, 11) is 0. The number of pyridine rings is 1. The molecule has 1 aliphatic carbocycles. The Morgan fingerprint density at radius 1 is 0.333 bits per heavy atom. The molecule has 0 atom stereocenters. The van der Waals surface area contributed by atoms with Crippen molar-refractivity contribution >= 4 is 80.6 Å². The lowest BCUT2D eigenvalue weighted by Crippen LogP contribution is -2.15. The average Bonchev–Trinajstić information content (AvgIpc) is 1.65. The van der Waals surface area contributed by atoms with Crippen LogP contribution in [0.15, 0.2) is 122 Å². The number of amides is 6. The minimum atomic E-state index is -0.333. The molecule has 6 amide bonds. The molecular formula is C76H65N9O14. The van der Waals surface area contributed by atoms with E-state index in [1.54, 1.807) is 109 Å². The van der Waals surface area contributed by atoms with Gasteiger partial charge in [-0.05, 0) is 80.9 Å². The lowest BCUT2D eigenvalue weighted by molar-refractivity contribution is -0.116. The first-order valence-corrected chi connectivity index (χ1v) is 32.9. The first-order chi connectivity index (χ1) is 48.0. The highest BCUT2D eigenvalue weighted by Gasteiger charge is 2.33. The highest BCUT2D eigenvalue weighted by molar-refractivity contribution is 6.03. The molecule has 15 rings (SSSR count). The van der Waals surface area contributed by atoms with Gasteiger partial charge in [0.1, 0.15) is 51.8 Å². The Bertz CT molecular complexity index is 4810. The normalized spacial score (nSPS) is 12.9. The summed E-state index contributed by atoms with van der Waals surface area (Å²) in [6.07, 6.45) is 4.93. The lowest BCUT2D eigenvalue weighted by Gasteiger charge is -2.20. The third-order valence-electron chi connectivity index (χ3n) is 17.6. The fourth-order valence-corrected chi connectivity index (χ4v) is 12.3. The zero-order chi connectivity index (χ0) is 68.3. The zero-order valence-electron chi connectivity index (χ0n) is 54.7. The average molecular weight is 1330 g/mol. The number of nitrogens with zero attached hydrogens (tertiary/aromatic N) is 2. The van der Waals surface area contributed by atoms with Crippen molar-refractivity contribution in [2.45, 2.75) is 106 Å². The van der Waals surface area contributed by atoms with E-state index in [4.69, 9.17) is 42.9 Å². The van der Waals surface area contributed by atoms with E-state index in [2.05, 4.69) is 41.9 Å². The smallest absolute Gasteiger partial charge is 0.224 e. The molecule has 6 heterocycles. The number of fused-ring (bicyclic) bond motifs is 5. The van der Waals surface area contributed by atoms with Crippen molar-refractivity contribution in [1.29, 1.82) is 0 Å². The standard InChI is InChI=1S/C76H65N9O14/c1-7-70(86)78-46-24-62-63(25-47(46)79-71(87)8-2)93-55-33-57-41-18-39(55)16-38-17-40-19-42-21-44-23-45-22-43(20-41)59(97-67-29-51(83-75(91)12-6)49(27-65(67)95-57)81-73(89)10-4)35-61(45)99-69-31-53-52(84-76(85-53)37-14-13-15-77-36-37)30-68(69)98-60(44)34-58(42)96-66-28-50(82-74(90)11-5)48(80-72(88)9-3)26-64(66)94-56(40)32-54(38)92-62/h13-15,17-18,21-22,24-36H,7-12,16,19-20,23H2,1-6H3,(H,78,86)(H,79,87)(H,80,88)(H,81,89)(H,82,90)(H,83,91)(H,84,85). The van der Waals surface area contributed by atoms with Crippen LogP contribution in [0.3, 0.4) is 0 Å². The number of carbonyl (C=O) groups excluding carboxylic acids is 6. The van der Waals surface area contributed by atoms with E-state index in [-0.39, 0.29) is 168 Å². The summed E-state index contributed by atoms with van der Waals surface area (Å²) >= 11 is 0. The monoisotopic (exact) mass is 1330 g/mol. The van der Waals surface area contributed by atoms with Crippen LogP contribution in [0, 0.1) is 0 Å². The predicted molar refractivity (Wildman–Crippen MR) is 370 cm³/mol. The van der Waals surface area contributed by atoms with Crippen molar-refractivity contribution in [2.24, 2.45) is 0 Å². The van der Waals surface area contributed by atoms with Crippen LogP contribution >= 0.6 is 0 Å². The Hall–Kier alpha value is -12.4. The summed E-state index contributed by atoms with van der Waals surface area (Å²) in [5.74, 6) is 2.93. The molecule has 7 N–H and O–H groups in total. The number of carbonyl (C=O) groups is 6. The van der Waals surface area contributed by atoms with Gasteiger partial charge in [-0.1, -0.05) is 41.5 Å². The number of H-pyrrole nitrogens is 1. The molecule has 99 heavy (non-hydrogen) atoms. The van der Waals surface area contributed by atoms with E-state index in [0.29, 0.717) is 108 Å². The van der Waals surface area contributed by atoms with Gasteiger partial charge in [-0.2, -0.15) is 0 Å². The van der Waals surface area contributed by atoms with Gasteiger partial charge in [-0.3, -0.25) is 33.8 Å². The third kappa shape index (κ3) is 12.4. The quantitative estimate of drug-likeness (QED) is 0.0565. The highest BCUT2D eigenvalue weighted by atomic mass is 16.5. The van der Waals surface area contributed by atoms with Crippen LogP contribution in [0.5, 0.6) is 92.0 Å². The minimum absolute atomic E-state index is 0.120. The van der Waals surface area contributed by atoms with E-state index in [9.17, 15) is 28.8 Å². The van der Waals surface area contributed by atoms with Gasteiger partial charge in [0.05, 0.1) is 45.2 Å². The maximum atomic E-state index is 13.4. The third-order valence-corrected chi connectivity index (χ3v) is 17.6. The summed E-state index contributed by atoms with van der Waals surface area (Å²) < 4.78 is 57.1. The molecule has 0 saturated heterocycles. The fourth-order valence-electron chi connectivity index (χ4n) is 12.3. The van der Waals surface area contributed by atoms with Crippen LogP contribution in [0.4, 0.5) is 34.1 Å². The number of hydrogen-bond donors (Lipinski definition) is 7. The summed E-state index contributed by atoms with van der Waals surface area (Å²) in [5.41, 5.74) is 8.96. The number of imidazole rings is 1. The number of nitrogens with one attached hydrogen (secondary N) is 7. The molecule has 0 radical (unpaired) electrons. The molecule has 2 aromatic heterocycles. The van der Waals surface area contributed by atoms with Gasteiger partial charge in [-0.25, -0.2) is 4.98 Å². The van der Waals surface area contributed by atoms with Crippen molar-refractivity contribution in [2.75, 3.05) is 31.9 Å². The molecule has 8 aromatic carbocycles. The second-order valence-corrected chi connectivity index (χ2v) is 24.4. The van der Waals surface area contributed by atoms with Crippen LogP contribution in [0.2, 0.25) is 0 Å². The van der Waals surface area contributed by atoms with E-state index in [1.165, 1.54) is 0 Å². The molecule has 8 bridgehead atoms. The van der Waals surface area contributed by atoms with Gasteiger partial charge in [0.25, 0.3) is 0 Å². The van der Waals surface area contributed by atoms with Crippen LogP contribution in [0.1, 0.15) is 125 Å². The Morgan fingerprint density at radius 2 is 0.586 bits per heavy atom. The lowest BCUT2D eigenvalue weighted by atomic mass is 9.91. The molecule has 0 unspecified atom stereocenters. The molecule has 498 valence electrons. The van der Waals surface area contributed by atoms with E-state index in [1.807, 2.05) is 54.6 Å². The number of aromatic amines is 1. The van der Waals surface area contributed by atoms with Gasteiger partial charge in [0.15, 0.2) is 46.0 Å². The highest BCUT2D eigenvalue weighted by Crippen LogP contribution is 2.55. The number of ether oxygens (including phenoxy) is 8. The van der Waals surface area contributed by atoms with Crippen molar-refractivity contribution in [3.8, 4) is 103 Å². The van der Waals surface area contributed by atoms with Crippen LogP contribution in [-0.2, 0) is 54.5 Å². The van der Waals surface area contributed by atoms with Crippen molar-refractivity contribution < 1.29 is 66.7 Å². The number of hydrogen-bond acceptors (Lipinski definition) is 16.